The molecule has 0 unspecified atom stereocenters. The molecule has 2 rings (SSSR count). The summed E-state index contributed by atoms with van der Waals surface area (Å²) < 4.78 is 7.01. The summed E-state index contributed by atoms with van der Waals surface area (Å²) in [5.41, 5.74) is 1.32. The van der Waals surface area contributed by atoms with E-state index in [1.54, 1.807) is 0 Å². The van der Waals surface area contributed by atoms with Crippen LogP contribution in [0, 0.1) is 5.92 Å². The van der Waals surface area contributed by atoms with Gasteiger partial charge in [0.05, 0.1) is 6.61 Å². The summed E-state index contributed by atoms with van der Waals surface area (Å²) in [5.74, 6) is 1.70. The van der Waals surface area contributed by atoms with Crippen LogP contribution in [-0.2, 0) is 0 Å². The van der Waals surface area contributed by atoms with Crippen molar-refractivity contribution in [3.8, 4) is 5.75 Å². The van der Waals surface area contributed by atoms with E-state index in [4.69, 9.17) is 4.74 Å². The van der Waals surface area contributed by atoms with Gasteiger partial charge in [-0.3, -0.25) is 4.90 Å². The zero-order chi connectivity index (χ0) is 15.2. The number of nitrogens with one attached hydrogen (secondary N) is 1. The number of hydrogen-bond donors (Lipinski definition) is 1. The van der Waals surface area contributed by atoms with Crippen LogP contribution in [0.4, 0.5) is 0 Å². The predicted octanol–water partition coefficient (Wildman–Crippen LogP) is 3.84. The fraction of sp³-hybridized carbons (Fsp3) is 0.647. The highest BCUT2D eigenvalue weighted by atomic mass is 79.9. The average Bonchev–Trinajstić information content (AvgIpc) is 2.48. The molecule has 1 aliphatic heterocycles. The quantitative estimate of drug-likeness (QED) is 0.839. The van der Waals surface area contributed by atoms with E-state index >= 15 is 0 Å². The molecule has 0 bridgehead atoms. The monoisotopic (exact) mass is 354 g/mol. The molecule has 1 aliphatic rings. The van der Waals surface area contributed by atoms with E-state index in [-0.39, 0.29) is 0 Å². The molecular weight excluding hydrogens is 328 g/mol. The second kappa shape index (κ2) is 8.16. The zero-order valence-electron chi connectivity index (χ0n) is 13.4. The van der Waals surface area contributed by atoms with Crippen molar-refractivity contribution in [2.75, 3.05) is 32.8 Å². The Bertz CT molecular complexity index is 444. The number of ether oxygens (including phenoxy) is 1. The molecule has 1 fully saturated rings. The summed E-state index contributed by atoms with van der Waals surface area (Å²) in [5, 5.41) is 3.44. The molecule has 0 radical (unpaired) electrons. The van der Waals surface area contributed by atoms with Gasteiger partial charge in [-0.2, -0.15) is 0 Å². The molecule has 4 heteroatoms. The van der Waals surface area contributed by atoms with Gasteiger partial charge in [0.25, 0.3) is 0 Å². The minimum absolute atomic E-state index is 0.436. The Morgan fingerprint density at radius 1 is 1.29 bits per heavy atom. The predicted molar refractivity (Wildman–Crippen MR) is 91.9 cm³/mol. The van der Waals surface area contributed by atoms with Gasteiger partial charge in [-0.1, -0.05) is 29.8 Å². The number of benzene rings is 1. The molecule has 0 aliphatic carbocycles. The van der Waals surface area contributed by atoms with Crippen molar-refractivity contribution < 1.29 is 4.74 Å². The fourth-order valence-electron chi connectivity index (χ4n) is 2.98. The van der Waals surface area contributed by atoms with Crippen molar-refractivity contribution in [2.45, 2.75) is 33.2 Å². The Balaban J connectivity index is 2.31. The summed E-state index contributed by atoms with van der Waals surface area (Å²) in [6.45, 7) is 11.7. The largest absolute Gasteiger partial charge is 0.494 e. The molecule has 21 heavy (non-hydrogen) atoms. The minimum Gasteiger partial charge on any atom is -0.494 e. The van der Waals surface area contributed by atoms with Gasteiger partial charge in [0.2, 0.25) is 0 Å². The maximum Gasteiger partial charge on any atom is 0.124 e. The van der Waals surface area contributed by atoms with E-state index in [0.717, 1.165) is 42.8 Å². The van der Waals surface area contributed by atoms with Crippen molar-refractivity contribution in [3.63, 3.8) is 0 Å². The number of nitrogens with zero attached hydrogens (tertiary/aromatic N) is 1. The van der Waals surface area contributed by atoms with Gasteiger partial charge in [0.15, 0.2) is 0 Å². The molecule has 0 saturated carbocycles. The van der Waals surface area contributed by atoms with Crippen LogP contribution in [0.5, 0.6) is 5.75 Å². The summed E-state index contributed by atoms with van der Waals surface area (Å²) in [7, 11) is 0. The highest BCUT2D eigenvalue weighted by molar-refractivity contribution is 9.10. The Morgan fingerprint density at radius 2 is 2.00 bits per heavy atom. The lowest BCUT2D eigenvalue weighted by atomic mass is 9.94. The Hall–Kier alpha value is -0.580. The summed E-state index contributed by atoms with van der Waals surface area (Å²) in [6, 6.07) is 6.84. The Kier molecular flexibility index (Phi) is 6.52. The maximum absolute atomic E-state index is 5.88. The SMILES string of the molecule is CCOc1ccc(Br)cc1[C@@H](CC(C)C)N1CCNCC1. The first-order valence-electron chi connectivity index (χ1n) is 7.98. The third kappa shape index (κ3) is 4.70. The molecule has 118 valence electrons. The van der Waals surface area contributed by atoms with Crippen LogP contribution in [-0.4, -0.2) is 37.7 Å². The molecule has 3 nitrogen and oxygen atoms in total. The second-order valence-corrected chi connectivity index (χ2v) is 6.96. The van der Waals surface area contributed by atoms with Gasteiger partial charge in [0, 0.05) is 42.3 Å². The van der Waals surface area contributed by atoms with Crippen molar-refractivity contribution >= 4 is 15.9 Å². The lowest BCUT2D eigenvalue weighted by Gasteiger charge is -2.37. The standard InChI is InChI=1S/C17H27BrN2O/c1-4-21-17-6-5-14(18)12-15(17)16(11-13(2)3)20-9-7-19-8-10-20/h5-6,12-13,16,19H,4,7-11H2,1-3H3/t16-/m1/s1. The Morgan fingerprint density at radius 3 is 2.62 bits per heavy atom. The van der Waals surface area contributed by atoms with Crippen LogP contribution in [0.2, 0.25) is 0 Å². The van der Waals surface area contributed by atoms with E-state index in [2.05, 4.69) is 58.2 Å². The molecular formula is C17H27BrN2O. The highest BCUT2D eigenvalue weighted by Crippen LogP contribution is 2.36. The van der Waals surface area contributed by atoms with Crippen LogP contribution in [0.3, 0.4) is 0 Å². The van der Waals surface area contributed by atoms with Crippen molar-refractivity contribution in [2.24, 2.45) is 5.92 Å². The van der Waals surface area contributed by atoms with Gasteiger partial charge < -0.3 is 10.1 Å². The third-order valence-corrected chi connectivity index (χ3v) is 4.41. The van der Waals surface area contributed by atoms with Crippen molar-refractivity contribution in [3.05, 3.63) is 28.2 Å². The molecule has 1 atom stereocenters. The van der Waals surface area contributed by atoms with E-state index in [1.807, 2.05) is 6.92 Å². The molecule has 1 aromatic carbocycles. The minimum atomic E-state index is 0.436. The molecule has 1 aromatic rings. The van der Waals surface area contributed by atoms with Gasteiger partial charge in [-0.05, 0) is 37.5 Å². The average molecular weight is 355 g/mol. The third-order valence-electron chi connectivity index (χ3n) is 3.92. The van der Waals surface area contributed by atoms with Gasteiger partial charge in [-0.15, -0.1) is 0 Å². The van der Waals surface area contributed by atoms with Gasteiger partial charge in [-0.25, -0.2) is 0 Å². The maximum atomic E-state index is 5.88. The summed E-state index contributed by atoms with van der Waals surface area (Å²) >= 11 is 3.62. The Labute approximate surface area is 137 Å². The normalized spacial score (nSPS) is 18.0. The summed E-state index contributed by atoms with van der Waals surface area (Å²) in [6.07, 6.45) is 1.16. The smallest absolute Gasteiger partial charge is 0.124 e. The number of hydrogen-bond acceptors (Lipinski definition) is 3. The molecule has 1 saturated heterocycles. The van der Waals surface area contributed by atoms with Crippen LogP contribution < -0.4 is 10.1 Å². The van der Waals surface area contributed by atoms with Crippen LogP contribution in [0.25, 0.3) is 0 Å². The number of piperazine rings is 1. The second-order valence-electron chi connectivity index (χ2n) is 6.05. The first kappa shape index (κ1) is 16.8. The van der Waals surface area contributed by atoms with E-state index < -0.39 is 0 Å². The molecule has 1 heterocycles. The van der Waals surface area contributed by atoms with Gasteiger partial charge >= 0.3 is 0 Å². The fourth-order valence-corrected chi connectivity index (χ4v) is 3.36. The number of halogens is 1. The first-order valence-corrected chi connectivity index (χ1v) is 8.78. The van der Waals surface area contributed by atoms with Crippen LogP contribution >= 0.6 is 15.9 Å². The van der Waals surface area contributed by atoms with E-state index in [9.17, 15) is 0 Å². The molecule has 0 aromatic heterocycles. The molecule has 1 N–H and O–H groups in total. The lowest BCUT2D eigenvalue weighted by molar-refractivity contribution is 0.150. The van der Waals surface area contributed by atoms with Crippen LogP contribution in [0.1, 0.15) is 38.8 Å². The number of rotatable bonds is 6. The topological polar surface area (TPSA) is 24.5 Å². The lowest BCUT2D eigenvalue weighted by Crippen LogP contribution is -2.45. The molecule has 0 spiro atoms. The summed E-state index contributed by atoms with van der Waals surface area (Å²) in [4.78, 5) is 2.60. The van der Waals surface area contributed by atoms with E-state index in [1.165, 1.54) is 5.56 Å². The highest BCUT2D eigenvalue weighted by Gasteiger charge is 2.25. The van der Waals surface area contributed by atoms with Crippen LogP contribution in [0.15, 0.2) is 22.7 Å². The molecule has 0 amide bonds. The van der Waals surface area contributed by atoms with Gasteiger partial charge in [0.1, 0.15) is 5.75 Å². The van der Waals surface area contributed by atoms with Crippen molar-refractivity contribution in [1.29, 1.82) is 0 Å². The zero-order valence-corrected chi connectivity index (χ0v) is 14.9. The van der Waals surface area contributed by atoms with E-state index in [0.29, 0.717) is 18.6 Å². The first-order chi connectivity index (χ1) is 10.1. The van der Waals surface area contributed by atoms with Crippen molar-refractivity contribution in [1.82, 2.24) is 10.2 Å².